The van der Waals surface area contributed by atoms with Crippen molar-refractivity contribution in [3.8, 4) is 22.7 Å². The van der Waals surface area contributed by atoms with Crippen LogP contribution in [0.3, 0.4) is 0 Å². The molecule has 2 aromatic carbocycles. The average Bonchev–Trinajstić information content (AvgIpc) is 3.34. The molecule has 152 valence electrons. The fourth-order valence-corrected chi connectivity index (χ4v) is 4.25. The first-order chi connectivity index (χ1) is 14.5. The summed E-state index contributed by atoms with van der Waals surface area (Å²) in [6.45, 7) is 1.96. The first-order valence-corrected chi connectivity index (χ1v) is 11.3. The number of halogens is 2. The molecule has 0 saturated heterocycles. The number of aromatic nitrogens is 3. The lowest BCUT2D eigenvalue weighted by Crippen LogP contribution is -2.13. The van der Waals surface area contributed by atoms with Gasteiger partial charge in [0.05, 0.1) is 11.4 Å². The SMILES string of the molecule is Cc1sc(NC(=O)CSc2nnc(-c3ccc(Cl)cc3)o2)nc1-c1ccc(Cl)cc1. The molecule has 2 heterocycles. The van der Waals surface area contributed by atoms with E-state index >= 15 is 0 Å². The Balaban J connectivity index is 1.36. The predicted octanol–water partition coefficient (Wildman–Crippen LogP) is 6.21. The van der Waals surface area contributed by atoms with Crippen LogP contribution < -0.4 is 5.32 Å². The Hall–Kier alpha value is -2.39. The molecule has 0 saturated carbocycles. The van der Waals surface area contributed by atoms with Crippen LogP contribution in [0.1, 0.15) is 4.88 Å². The standard InChI is InChI=1S/C20H14Cl2N4O2S2/c1-11-17(12-2-6-14(21)7-3-12)24-19(30-11)23-16(27)10-29-20-26-25-18(28-20)13-4-8-15(22)9-5-13/h2-9H,10H2,1H3,(H,23,24,27). The van der Waals surface area contributed by atoms with Gasteiger partial charge in [-0.25, -0.2) is 4.98 Å². The summed E-state index contributed by atoms with van der Waals surface area (Å²) < 4.78 is 5.59. The maximum atomic E-state index is 12.3. The third kappa shape index (κ3) is 5.02. The molecule has 1 N–H and O–H groups in total. The number of thioether (sulfide) groups is 1. The summed E-state index contributed by atoms with van der Waals surface area (Å²) in [6.07, 6.45) is 0. The lowest BCUT2D eigenvalue weighted by Gasteiger charge is -2.00. The van der Waals surface area contributed by atoms with Crippen LogP contribution in [0.15, 0.2) is 58.2 Å². The Morgan fingerprint density at radius 1 is 1.03 bits per heavy atom. The highest BCUT2D eigenvalue weighted by molar-refractivity contribution is 7.99. The minimum atomic E-state index is -0.206. The topological polar surface area (TPSA) is 80.9 Å². The zero-order valence-electron chi connectivity index (χ0n) is 15.6. The molecular weight excluding hydrogens is 463 g/mol. The van der Waals surface area contributed by atoms with Gasteiger partial charge in [0.25, 0.3) is 5.22 Å². The number of nitrogens with one attached hydrogen (secondary N) is 1. The number of hydrogen-bond acceptors (Lipinski definition) is 7. The molecule has 0 fully saturated rings. The monoisotopic (exact) mass is 476 g/mol. The van der Waals surface area contributed by atoms with Crippen molar-refractivity contribution in [1.29, 1.82) is 0 Å². The van der Waals surface area contributed by atoms with Crippen LogP contribution in [-0.2, 0) is 4.79 Å². The van der Waals surface area contributed by atoms with Crippen molar-refractivity contribution in [1.82, 2.24) is 15.2 Å². The maximum Gasteiger partial charge on any atom is 0.277 e. The van der Waals surface area contributed by atoms with E-state index in [0.29, 0.717) is 26.3 Å². The van der Waals surface area contributed by atoms with Gasteiger partial charge in [-0.1, -0.05) is 47.1 Å². The lowest BCUT2D eigenvalue weighted by molar-refractivity contribution is -0.113. The molecule has 0 spiro atoms. The number of amides is 1. The van der Waals surface area contributed by atoms with Gasteiger partial charge in [-0.05, 0) is 43.3 Å². The van der Waals surface area contributed by atoms with E-state index < -0.39 is 0 Å². The largest absolute Gasteiger partial charge is 0.411 e. The summed E-state index contributed by atoms with van der Waals surface area (Å²) in [4.78, 5) is 17.8. The number of aryl methyl sites for hydroxylation is 1. The van der Waals surface area contributed by atoms with Gasteiger partial charge in [0.15, 0.2) is 5.13 Å². The number of rotatable bonds is 6. The van der Waals surface area contributed by atoms with Crippen molar-refractivity contribution < 1.29 is 9.21 Å². The number of hydrogen-bond donors (Lipinski definition) is 1. The highest BCUT2D eigenvalue weighted by Crippen LogP contribution is 2.31. The van der Waals surface area contributed by atoms with E-state index in [2.05, 4.69) is 20.5 Å². The van der Waals surface area contributed by atoms with Crippen molar-refractivity contribution in [3.05, 3.63) is 63.5 Å². The Morgan fingerprint density at radius 2 is 1.67 bits per heavy atom. The summed E-state index contributed by atoms with van der Waals surface area (Å²) >= 11 is 14.4. The van der Waals surface area contributed by atoms with Gasteiger partial charge >= 0.3 is 0 Å². The molecule has 6 nitrogen and oxygen atoms in total. The molecule has 4 rings (SSSR count). The Morgan fingerprint density at radius 3 is 2.33 bits per heavy atom. The second-order valence-corrected chi connectivity index (χ2v) is 9.15. The van der Waals surface area contributed by atoms with Crippen LogP contribution in [-0.4, -0.2) is 26.8 Å². The van der Waals surface area contributed by atoms with Gasteiger partial charge in [-0.2, -0.15) is 0 Å². The summed E-state index contributed by atoms with van der Waals surface area (Å²) in [7, 11) is 0. The first-order valence-electron chi connectivity index (χ1n) is 8.73. The Labute approximate surface area is 190 Å². The normalized spacial score (nSPS) is 10.9. The van der Waals surface area contributed by atoms with Crippen molar-refractivity contribution in [2.24, 2.45) is 0 Å². The lowest BCUT2D eigenvalue weighted by atomic mass is 10.1. The van der Waals surface area contributed by atoms with Crippen LogP contribution in [0, 0.1) is 6.92 Å². The molecule has 2 aromatic heterocycles. The molecule has 0 unspecified atom stereocenters. The Bertz CT molecular complexity index is 1170. The number of carbonyl (C=O) groups is 1. The third-order valence-corrected chi connectivity index (χ3v) is 6.19. The second-order valence-electron chi connectivity index (χ2n) is 6.15. The molecule has 4 aromatic rings. The smallest absolute Gasteiger partial charge is 0.277 e. The van der Waals surface area contributed by atoms with Gasteiger partial charge in [-0.3, -0.25) is 4.79 Å². The van der Waals surface area contributed by atoms with E-state index in [1.165, 1.54) is 11.3 Å². The van der Waals surface area contributed by atoms with Gasteiger partial charge in [0.2, 0.25) is 11.8 Å². The molecule has 30 heavy (non-hydrogen) atoms. The molecule has 0 aliphatic rings. The van der Waals surface area contributed by atoms with Crippen LogP contribution >= 0.6 is 46.3 Å². The molecular formula is C20H14Cl2N4O2S2. The van der Waals surface area contributed by atoms with E-state index in [1.807, 2.05) is 31.2 Å². The quantitative estimate of drug-likeness (QED) is 0.333. The zero-order valence-corrected chi connectivity index (χ0v) is 18.7. The van der Waals surface area contributed by atoms with E-state index in [4.69, 9.17) is 27.6 Å². The second kappa shape index (κ2) is 9.18. The van der Waals surface area contributed by atoms with Gasteiger partial charge in [0, 0.05) is 26.0 Å². The van der Waals surface area contributed by atoms with Crippen molar-refractivity contribution in [3.63, 3.8) is 0 Å². The average molecular weight is 477 g/mol. The van der Waals surface area contributed by atoms with Gasteiger partial charge < -0.3 is 9.73 Å². The summed E-state index contributed by atoms with van der Waals surface area (Å²) in [5, 5.41) is 12.9. The highest BCUT2D eigenvalue weighted by Gasteiger charge is 2.14. The van der Waals surface area contributed by atoms with Crippen LogP contribution in [0.4, 0.5) is 5.13 Å². The van der Waals surface area contributed by atoms with Crippen molar-refractivity contribution in [2.75, 3.05) is 11.1 Å². The fraction of sp³-hybridized carbons (Fsp3) is 0.100. The summed E-state index contributed by atoms with van der Waals surface area (Å²) in [5.74, 6) is 0.289. The minimum absolute atomic E-state index is 0.122. The van der Waals surface area contributed by atoms with E-state index in [1.54, 1.807) is 24.3 Å². The highest BCUT2D eigenvalue weighted by atomic mass is 35.5. The summed E-state index contributed by atoms with van der Waals surface area (Å²) in [5.41, 5.74) is 2.53. The predicted molar refractivity (Wildman–Crippen MR) is 121 cm³/mol. The number of carbonyl (C=O) groups excluding carboxylic acids is 1. The number of anilines is 1. The molecule has 0 aliphatic heterocycles. The van der Waals surface area contributed by atoms with Crippen molar-refractivity contribution >= 4 is 57.3 Å². The van der Waals surface area contributed by atoms with Gasteiger partial charge in [0.1, 0.15) is 0 Å². The van der Waals surface area contributed by atoms with Gasteiger partial charge in [-0.15, -0.1) is 21.5 Å². The minimum Gasteiger partial charge on any atom is -0.411 e. The number of nitrogens with zero attached hydrogens (tertiary/aromatic N) is 3. The summed E-state index contributed by atoms with van der Waals surface area (Å²) in [6, 6.07) is 14.5. The van der Waals surface area contributed by atoms with E-state index in [0.717, 1.165) is 33.5 Å². The molecule has 0 aliphatic carbocycles. The van der Waals surface area contributed by atoms with Crippen molar-refractivity contribution in [2.45, 2.75) is 12.1 Å². The maximum absolute atomic E-state index is 12.3. The third-order valence-electron chi connectivity index (χ3n) is 3.98. The number of thiazole rings is 1. The zero-order chi connectivity index (χ0) is 21.1. The van der Waals surface area contributed by atoms with E-state index in [-0.39, 0.29) is 11.7 Å². The fourth-order valence-electron chi connectivity index (χ4n) is 2.59. The van der Waals surface area contributed by atoms with Crippen LogP contribution in [0.5, 0.6) is 0 Å². The molecule has 0 atom stereocenters. The molecule has 10 heteroatoms. The number of benzene rings is 2. The molecule has 0 radical (unpaired) electrons. The Kier molecular flexibility index (Phi) is 6.38. The molecule has 0 bridgehead atoms. The van der Waals surface area contributed by atoms with Crippen LogP contribution in [0.25, 0.3) is 22.7 Å². The first kappa shape index (κ1) is 20.9. The molecule has 1 amide bonds. The van der Waals surface area contributed by atoms with Crippen LogP contribution in [0.2, 0.25) is 10.0 Å². The van der Waals surface area contributed by atoms with E-state index in [9.17, 15) is 4.79 Å².